The summed E-state index contributed by atoms with van der Waals surface area (Å²) in [6.07, 6.45) is -0.254. The maximum Gasteiger partial charge on any atom is 0.434 e. The first-order valence-electron chi connectivity index (χ1n) is 5.83. The molecular formula is C12H15F3N2S. The van der Waals surface area contributed by atoms with Crippen LogP contribution in [-0.4, -0.2) is 23.0 Å². The van der Waals surface area contributed by atoms with Crippen molar-refractivity contribution >= 4 is 11.3 Å². The standard InChI is InChI=1S/C12H15F3N2S/c1-2-5-17(6-9-3-4-9)7-10-11(12(13,14)15)16-8-18-10/h2,8-9H,1,3-7H2. The molecule has 0 bridgehead atoms. The van der Waals surface area contributed by atoms with Gasteiger partial charge >= 0.3 is 6.18 Å². The van der Waals surface area contributed by atoms with Gasteiger partial charge in [0.05, 0.1) is 10.4 Å². The van der Waals surface area contributed by atoms with Crippen LogP contribution in [0.15, 0.2) is 18.2 Å². The summed E-state index contributed by atoms with van der Waals surface area (Å²) in [6, 6.07) is 0. The molecule has 1 aromatic heterocycles. The second kappa shape index (κ2) is 5.40. The Morgan fingerprint density at radius 2 is 2.22 bits per heavy atom. The van der Waals surface area contributed by atoms with Crippen molar-refractivity contribution in [2.24, 2.45) is 5.92 Å². The largest absolute Gasteiger partial charge is 0.434 e. The molecule has 0 N–H and O–H groups in total. The van der Waals surface area contributed by atoms with Gasteiger partial charge in [-0.15, -0.1) is 17.9 Å². The van der Waals surface area contributed by atoms with Gasteiger partial charge in [0.25, 0.3) is 0 Å². The van der Waals surface area contributed by atoms with E-state index in [-0.39, 0.29) is 0 Å². The fourth-order valence-corrected chi connectivity index (χ4v) is 2.69. The number of hydrogen-bond donors (Lipinski definition) is 0. The maximum atomic E-state index is 12.7. The van der Waals surface area contributed by atoms with Gasteiger partial charge in [0.1, 0.15) is 0 Å². The van der Waals surface area contributed by atoms with E-state index in [0.29, 0.717) is 23.9 Å². The Labute approximate surface area is 108 Å². The maximum absolute atomic E-state index is 12.7. The third-order valence-electron chi connectivity index (χ3n) is 2.88. The molecule has 6 heteroatoms. The highest BCUT2D eigenvalue weighted by Crippen LogP contribution is 2.34. The van der Waals surface area contributed by atoms with E-state index >= 15 is 0 Å². The van der Waals surface area contributed by atoms with Crippen molar-refractivity contribution in [2.75, 3.05) is 13.1 Å². The number of hydrogen-bond acceptors (Lipinski definition) is 3. The van der Waals surface area contributed by atoms with Crippen LogP contribution in [0.2, 0.25) is 0 Å². The zero-order chi connectivity index (χ0) is 13.2. The van der Waals surface area contributed by atoms with Crippen molar-refractivity contribution in [3.05, 3.63) is 28.7 Å². The molecule has 2 nitrogen and oxygen atoms in total. The van der Waals surface area contributed by atoms with E-state index in [1.807, 2.05) is 4.90 Å². The van der Waals surface area contributed by atoms with Crippen LogP contribution in [0, 0.1) is 5.92 Å². The van der Waals surface area contributed by atoms with Gasteiger partial charge in [0.2, 0.25) is 0 Å². The van der Waals surface area contributed by atoms with Gasteiger partial charge in [-0.3, -0.25) is 4.90 Å². The molecule has 100 valence electrons. The lowest BCUT2D eigenvalue weighted by molar-refractivity contribution is -0.141. The highest BCUT2D eigenvalue weighted by atomic mass is 32.1. The van der Waals surface area contributed by atoms with Crippen LogP contribution < -0.4 is 0 Å². The van der Waals surface area contributed by atoms with E-state index in [2.05, 4.69) is 11.6 Å². The van der Waals surface area contributed by atoms with Crippen molar-refractivity contribution in [3.8, 4) is 0 Å². The molecule has 0 spiro atoms. The summed E-state index contributed by atoms with van der Waals surface area (Å²) < 4.78 is 38.1. The molecule has 1 aliphatic carbocycles. The number of halogens is 3. The monoisotopic (exact) mass is 276 g/mol. The third kappa shape index (κ3) is 3.55. The molecule has 1 aliphatic rings. The molecular weight excluding hydrogens is 261 g/mol. The summed E-state index contributed by atoms with van der Waals surface area (Å²) in [6.45, 7) is 5.43. The van der Waals surface area contributed by atoms with E-state index in [4.69, 9.17) is 0 Å². The van der Waals surface area contributed by atoms with Crippen LogP contribution in [-0.2, 0) is 12.7 Å². The molecule has 0 saturated heterocycles. The molecule has 0 unspecified atom stereocenters. The van der Waals surface area contributed by atoms with Crippen LogP contribution in [0.4, 0.5) is 13.2 Å². The molecule has 1 saturated carbocycles. The first-order valence-corrected chi connectivity index (χ1v) is 6.71. The minimum atomic E-state index is -4.35. The Bertz CT molecular complexity index is 410. The minimum absolute atomic E-state index is 0.296. The Kier molecular flexibility index (Phi) is 4.07. The van der Waals surface area contributed by atoms with Crippen LogP contribution in [0.1, 0.15) is 23.4 Å². The van der Waals surface area contributed by atoms with Gasteiger partial charge < -0.3 is 0 Å². The highest BCUT2D eigenvalue weighted by Gasteiger charge is 2.36. The van der Waals surface area contributed by atoms with E-state index in [9.17, 15) is 13.2 Å². The summed E-state index contributed by atoms with van der Waals surface area (Å²) in [5, 5.41) is 0. The lowest BCUT2D eigenvalue weighted by Crippen LogP contribution is -2.26. The molecule has 1 fully saturated rings. The number of thiazole rings is 1. The average Bonchev–Trinajstić information content (AvgIpc) is 2.93. The summed E-state index contributed by atoms with van der Waals surface area (Å²) in [4.78, 5) is 5.74. The fourth-order valence-electron chi connectivity index (χ4n) is 1.87. The Morgan fingerprint density at radius 3 is 2.78 bits per heavy atom. The van der Waals surface area contributed by atoms with Crippen molar-refractivity contribution in [3.63, 3.8) is 0 Å². The van der Waals surface area contributed by atoms with Gasteiger partial charge in [-0.25, -0.2) is 4.98 Å². The fraction of sp³-hybridized carbons (Fsp3) is 0.583. The molecule has 1 aromatic rings. The van der Waals surface area contributed by atoms with Crippen molar-refractivity contribution in [2.45, 2.75) is 25.6 Å². The second-order valence-electron chi connectivity index (χ2n) is 4.55. The van der Waals surface area contributed by atoms with Crippen molar-refractivity contribution in [1.29, 1.82) is 0 Å². The van der Waals surface area contributed by atoms with E-state index in [1.165, 1.54) is 18.4 Å². The Morgan fingerprint density at radius 1 is 1.50 bits per heavy atom. The van der Waals surface area contributed by atoms with Crippen LogP contribution >= 0.6 is 11.3 Å². The quantitative estimate of drug-likeness (QED) is 0.739. The zero-order valence-electron chi connectivity index (χ0n) is 9.91. The third-order valence-corrected chi connectivity index (χ3v) is 3.70. The smallest absolute Gasteiger partial charge is 0.294 e. The molecule has 18 heavy (non-hydrogen) atoms. The predicted octanol–water partition coefficient (Wildman–Crippen LogP) is 3.56. The van der Waals surface area contributed by atoms with Crippen LogP contribution in [0.5, 0.6) is 0 Å². The second-order valence-corrected chi connectivity index (χ2v) is 5.49. The molecule has 2 rings (SSSR count). The van der Waals surface area contributed by atoms with Crippen molar-refractivity contribution in [1.82, 2.24) is 9.88 Å². The van der Waals surface area contributed by atoms with E-state index in [1.54, 1.807) is 6.08 Å². The lowest BCUT2D eigenvalue weighted by Gasteiger charge is -2.20. The summed E-state index contributed by atoms with van der Waals surface area (Å²) >= 11 is 1.07. The zero-order valence-corrected chi connectivity index (χ0v) is 10.7. The normalized spacial score (nSPS) is 16.2. The highest BCUT2D eigenvalue weighted by molar-refractivity contribution is 7.09. The Hall–Kier alpha value is -0.880. The first kappa shape index (κ1) is 13.5. The SMILES string of the molecule is C=CCN(Cc1scnc1C(F)(F)F)CC1CC1. The van der Waals surface area contributed by atoms with Gasteiger partial charge in [0, 0.05) is 19.6 Å². The van der Waals surface area contributed by atoms with Crippen LogP contribution in [0.25, 0.3) is 0 Å². The summed E-state index contributed by atoms with van der Waals surface area (Å²) in [5.41, 5.74) is 0.527. The van der Waals surface area contributed by atoms with Gasteiger partial charge in [-0.05, 0) is 18.8 Å². The van der Waals surface area contributed by atoms with Crippen molar-refractivity contribution < 1.29 is 13.2 Å². The molecule has 0 aromatic carbocycles. The number of alkyl halides is 3. The molecule has 0 radical (unpaired) electrons. The summed E-state index contributed by atoms with van der Waals surface area (Å²) in [5.74, 6) is 0.646. The van der Waals surface area contributed by atoms with E-state index in [0.717, 1.165) is 17.9 Å². The number of aromatic nitrogens is 1. The summed E-state index contributed by atoms with van der Waals surface area (Å²) in [7, 11) is 0. The average molecular weight is 276 g/mol. The van der Waals surface area contributed by atoms with Crippen LogP contribution in [0.3, 0.4) is 0 Å². The van der Waals surface area contributed by atoms with Gasteiger partial charge in [-0.2, -0.15) is 13.2 Å². The molecule has 0 aliphatic heterocycles. The van der Waals surface area contributed by atoms with Gasteiger partial charge in [0.15, 0.2) is 5.69 Å². The molecule has 0 amide bonds. The minimum Gasteiger partial charge on any atom is -0.294 e. The number of rotatable bonds is 6. The molecule has 0 atom stereocenters. The molecule has 1 heterocycles. The number of nitrogens with zero attached hydrogens (tertiary/aromatic N) is 2. The topological polar surface area (TPSA) is 16.1 Å². The lowest BCUT2D eigenvalue weighted by atomic mass is 10.3. The van der Waals surface area contributed by atoms with Gasteiger partial charge in [-0.1, -0.05) is 6.08 Å². The first-order chi connectivity index (χ1) is 8.50. The van der Waals surface area contributed by atoms with E-state index < -0.39 is 11.9 Å². The Balaban J connectivity index is 2.05. The predicted molar refractivity (Wildman–Crippen MR) is 65.3 cm³/mol.